The molecule has 0 aliphatic rings. The molecule has 4 nitrogen and oxygen atoms in total. The van der Waals surface area contributed by atoms with Gasteiger partial charge in [0.05, 0.1) is 0 Å². The van der Waals surface area contributed by atoms with Crippen LogP contribution in [0.4, 0.5) is 4.39 Å². The van der Waals surface area contributed by atoms with E-state index in [0.29, 0.717) is 17.7 Å². The predicted molar refractivity (Wildman–Crippen MR) is 110 cm³/mol. The standard InChI is InChI=1S/C23H29FN2O2/c1-15(2)17-11-18(13-20(24)12-17)21(27)25-14-23(3,4)19-9-7-16(8-10-19)22(28)26(5)6/h7-13,15H,14H2,1-6H3,(H,25,27). The Morgan fingerprint density at radius 1 is 1.04 bits per heavy atom. The van der Waals surface area contributed by atoms with Crippen LogP contribution in [0, 0.1) is 5.82 Å². The molecule has 0 heterocycles. The van der Waals surface area contributed by atoms with Crippen LogP contribution in [0.2, 0.25) is 0 Å². The van der Waals surface area contributed by atoms with E-state index >= 15 is 0 Å². The van der Waals surface area contributed by atoms with Gasteiger partial charge in [-0.05, 0) is 47.4 Å². The monoisotopic (exact) mass is 384 g/mol. The number of amides is 2. The van der Waals surface area contributed by atoms with E-state index in [1.54, 1.807) is 32.3 Å². The molecular weight excluding hydrogens is 355 g/mol. The second kappa shape index (κ2) is 8.55. The second-order valence-corrected chi connectivity index (χ2v) is 8.27. The number of carbonyl (C=O) groups is 2. The van der Waals surface area contributed by atoms with E-state index in [4.69, 9.17) is 0 Å². The van der Waals surface area contributed by atoms with Crippen LogP contribution in [0.3, 0.4) is 0 Å². The van der Waals surface area contributed by atoms with Gasteiger partial charge in [-0.25, -0.2) is 4.39 Å². The quantitative estimate of drug-likeness (QED) is 0.805. The van der Waals surface area contributed by atoms with E-state index in [9.17, 15) is 14.0 Å². The predicted octanol–water partition coefficient (Wildman–Crippen LogP) is 4.36. The Morgan fingerprint density at radius 2 is 1.64 bits per heavy atom. The number of hydrogen-bond acceptors (Lipinski definition) is 2. The summed E-state index contributed by atoms with van der Waals surface area (Å²) in [6, 6.07) is 11.9. The normalized spacial score (nSPS) is 11.4. The van der Waals surface area contributed by atoms with E-state index in [1.165, 1.54) is 17.0 Å². The molecule has 0 saturated carbocycles. The van der Waals surface area contributed by atoms with E-state index in [2.05, 4.69) is 5.32 Å². The van der Waals surface area contributed by atoms with Crippen molar-refractivity contribution in [2.24, 2.45) is 0 Å². The molecule has 0 bridgehead atoms. The highest BCUT2D eigenvalue weighted by atomic mass is 19.1. The van der Waals surface area contributed by atoms with Crippen LogP contribution in [0.1, 0.15) is 65.5 Å². The number of benzene rings is 2. The lowest BCUT2D eigenvalue weighted by Crippen LogP contribution is -2.36. The van der Waals surface area contributed by atoms with Crippen molar-refractivity contribution in [1.29, 1.82) is 0 Å². The van der Waals surface area contributed by atoms with Gasteiger partial charge in [0, 0.05) is 37.2 Å². The average Bonchev–Trinajstić information content (AvgIpc) is 2.65. The largest absolute Gasteiger partial charge is 0.351 e. The molecule has 150 valence electrons. The van der Waals surface area contributed by atoms with Crippen molar-refractivity contribution >= 4 is 11.8 Å². The summed E-state index contributed by atoms with van der Waals surface area (Å²) < 4.78 is 13.8. The number of rotatable bonds is 6. The summed E-state index contributed by atoms with van der Waals surface area (Å²) in [5.41, 5.74) is 2.40. The Balaban J connectivity index is 2.10. The fourth-order valence-corrected chi connectivity index (χ4v) is 2.90. The third kappa shape index (κ3) is 5.18. The number of nitrogens with zero attached hydrogens (tertiary/aromatic N) is 1. The van der Waals surface area contributed by atoms with Gasteiger partial charge in [-0.15, -0.1) is 0 Å². The molecule has 1 N–H and O–H groups in total. The van der Waals surface area contributed by atoms with Crippen molar-refractivity contribution in [2.45, 2.75) is 39.0 Å². The molecule has 28 heavy (non-hydrogen) atoms. The molecule has 0 aliphatic carbocycles. The minimum Gasteiger partial charge on any atom is -0.351 e. The van der Waals surface area contributed by atoms with Gasteiger partial charge in [0.25, 0.3) is 11.8 Å². The van der Waals surface area contributed by atoms with E-state index in [1.807, 2.05) is 39.8 Å². The van der Waals surface area contributed by atoms with Gasteiger partial charge in [0.1, 0.15) is 5.82 Å². The van der Waals surface area contributed by atoms with Crippen LogP contribution in [0.5, 0.6) is 0 Å². The molecule has 0 radical (unpaired) electrons. The highest BCUT2D eigenvalue weighted by Gasteiger charge is 2.23. The Morgan fingerprint density at radius 3 is 2.18 bits per heavy atom. The summed E-state index contributed by atoms with van der Waals surface area (Å²) in [5.74, 6) is -0.613. The highest BCUT2D eigenvalue weighted by Crippen LogP contribution is 2.23. The molecule has 0 spiro atoms. The molecule has 0 saturated heterocycles. The Hall–Kier alpha value is -2.69. The van der Waals surface area contributed by atoms with Gasteiger partial charge in [0.15, 0.2) is 0 Å². The van der Waals surface area contributed by atoms with E-state index in [0.717, 1.165) is 11.1 Å². The Bertz CT molecular complexity index is 855. The lowest BCUT2D eigenvalue weighted by molar-refractivity contribution is 0.0827. The lowest BCUT2D eigenvalue weighted by Gasteiger charge is -2.26. The molecule has 0 fully saturated rings. The van der Waals surface area contributed by atoms with Crippen LogP contribution >= 0.6 is 0 Å². The minimum absolute atomic E-state index is 0.0512. The number of hydrogen-bond donors (Lipinski definition) is 1. The molecule has 0 aromatic heterocycles. The molecule has 2 aromatic carbocycles. The SMILES string of the molecule is CC(C)c1cc(F)cc(C(=O)NCC(C)(C)c2ccc(C(=O)N(C)C)cc2)c1. The average molecular weight is 384 g/mol. The van der Waals surface area contributed by atoms with Crippen molar-refractivity contribution < 1.29 is 14.0 Å². The van der Waals surface area contributed by atoms with Crippen LogP contribution in [0.25, 0.3) is 0 Å². The van der Waals surface area contributed by atoms with Gasteiger partial charge in [-0.1, -0.05) is 39.8 Å². The van der Waals surface area contributed by atoms with Gasteiger partial charge < -0.3 is 10.2 Å². The van der Waals surface area contributed by atoms with Crippen molar-refractivity contribution in [2.75, 3.05) is 20.6 Å². The van der Waals surface area contributed by atoms with E-state index < -0.39 is 5.82 Å². The molecule has 0 unspecified atom stereocenters. The number of carbonyl (C=O) groups excluding carboxylic acids is 2. The van der Waals surface area contributed by atoms with Crippen LogP contribution in [-0.2, 0) is 5.41 Å². The Labute approximate surface area is 166 Å². The van der Waals surface area contributed by atoms with Crippen LogP contribution in [-0.4, -0.2) is 37.4 Å². The number of halogens is 1. The van der Waals surface area contributed by atoms with Crippen molar-refractivity contribution in [3.8, 4) is 0 Å². The molecular formula is C23H29FN2O2. The lowest BCUT2D eigenvalue weighted by atomic mass is 9.84. The van der Waals surface area contributed by atoms with Crippen LogP contribution < -0.4 is 5.32 Å². The summed E-state index contributed by atoms with van der Waals surface area (Å²) in [6.45, 7) is 8.34. The van der Waals surface area contributed by atoms with Crippen molar-refractivity contribution in [3.63, 3.8) is 0 Å². The van der Waals surface area contributed by atoms with Crippen molar-refractivity contribution in [1.82, 2.24) is 10.2 Å². The fourth-order valence-electron chi connectivity index (χ4n) is 2.90. The molecule has 5 heteroatoms. The fraction of sp³-hybridized carbons (Fsp3) is 0.391. The minimum atomic E-state index is -0.406. The van der Waals surface area contributed by atoms with E-state index in [-0.39, 0.29) is 23.1 Å². The zero-order chi connectivity index (χ0) is 21.1. The summed E-state index contributed by atoms with van der Waals surface area (Å²) in [4.78, 5) is 26.1. The summed E-state index contributed by atoms with van der Waals surface area (Å²) >= 11 is 0. The summed E-state index contributed by atoms with van der Waals surface area (Å²) in [7, 11) is 3.43. The zero-order valence-corrected chi connectivity index (χ0v) is 17.5. The first-order valence-corrected chi connectivity index (χ1v) is 9.42. The highest BCUT2D eigenvalue weighted by molar-refractivity contribution is 5.94. The first-order valence-electron chi connectivity index (χ1n) is 9.42. The number of nitrogens with one attached hydrogen (secondary N) is 1. The van der Waals surface area contributed by atoms with Crippen molar-refractivity contribution in [3.05, 3.63) is 70.5 Å². The first kappa shape index (κ1) is 21.6. The summed E-state index contributed by atoms with van der Waals surface area (Å²) in [6.07, 6.45) is 0. The second-order valence-electron chi connectivity index (χ2n) is 8.27. The molecule has 2 amide bonds. The first-order chi connectivity index (χ1) is 13.0. The maximum Gasteiger partial charge on any atom is 0.253 e. The molecule has 2 aromatic rings. The smallest absolute Gasteiger partial charge is 0.253 e. The topological polar surface area (TPSA) is 49.4 Å². The van der Waals surface area contributed by atoms with Gasteiger partial charge in [-0.2, -0.15) is 0 Å². The summed E-state index contributed by atoms with van der Waals surface area (Å²) in [5, 5.41) is 2.91. The van der Waals surface area contributed by atoms with Crippen LogP contribution in [0.15, 0.2) is 42.5 Å². The van der Waals surface area contributed by atoms with Gasteiger partial charge in [-0.3, -0.25) is 9.59 Å². The van der Waals surface area contributed by atoms with Gasteiger partial charge >= 0.3 is 0 Å². The zero-order valence-electron chi connectivity index (χ0n) is 17.5. The molecule has 0 atom stereocenters. The Kier molecular flexibility index (Phi) is 6.60. The maximum absolute atomic E-state index is 13.8. The van der Waals surface area contributed by atoms with Gasteiger partial charge in [0.2, 0.25) is 0 Å². The molecule has 0 aliphatic heterocycles. The maximum atomic E-state index is 13.8. The third-order valence-corrected chi connectivity index (χ3v) is 4.86. The third-order valence-electron chi connectivity index (χ3n) is 4.86. The molecule has 2 rings (SSSR count).